The van der Waals surface area contributed by atoms with Crippen LogP contribution < -0.4 is 5.73 Å². The monoisotopic (exact) mass is 241 g/mol. The molecule has 2 nitrogen and oxygen atoms in total. The minimum atomic E-state index is -0.743. The Morgan fingerprint density at radius 1 is 1.35 bits per heavy atom. The van der Waals surface area contributed by atoms with E-state index in [-0.39, 0.29) is 11.7 Å². The molecule has 0 heterocycles. The van der Waals surface area contributed by atoms with Gasteiger partial charge in [-0.15, -0.1) is 0 Å². The Kier molecular flexibility index (Phi) is 3.45. The smallest absolute Gasteiger partial charge is 0.133 e. The van der Waals surface area contributed by atoms with E-state index in [0.717, 1.165) is 12.8 Å². The van der Waals surface area contributed by atoms with Crippen LogP contribution in [0, 0.1) is 24.5 Å². The minimum absolute atomic E-state index is 0.0521. The lowest BCUT2D eigenvalue weighted by molar-refractivity contribution is 0.0603. The molecule has 0 amide bonds. The van der Waals surface area contributed by atoms with Gasteiger partial charge in [-0.2, -0.15) is 0 Å². The quantitative estimate of drug-likeness (QED) is 0.879. The molecule has 2 rings (SSSR count). The van der Waals surface area contributed by atoms with E-state index in [1.807, 2.05) is 0 Å². The van der Waals surface area contributed by atoms with Crippen LogP contribution in [0.1, 0.15) is 30.0 Å². The number of ether oxygens (including phenoxy) is 1. The third kappa shape index (κ3) is 2.33. The molecule has 0 saturated heterocycles. The molecule has 1 aliphatic rings. The molecular formula is C13H17F2NO. The average Bonchev–Trinajstić information content (AvgIpc) is 3.10. The lowest BCUT2D eigenvalue weighted by Crippen LogP contribution is -2.31. The van der Waals surface area contributed by atoms with Crippen molar-refractivity contribution < 1.29 is 13.5 Å². The van der Waals surface area contributed by atoms with E-state index in [0.29, 0.717) is 11.5 Å². The molecule has 1 aliphatic carbocycles. The van der Waals surface area contributed by atoms with Crippen molar-refractivity contribution >= 4 is 0 Å². The van der Waals surface area contributed by atoms with Crippen molar-refractivity contribution in [2.45, 2.75) is 31.9 Å². The SMILES string of the molecule is COC(C1CC1)C(N)c1c(F)ccc(C)c1F. The molecule has 0 bridgehead atoms. The summed E-state index contributed by atoms with van der Waals surface area (Å²) in [5, 5.41) is 0. The van der Waals surface area contributed by atoms with Crippen molar-refractivity contribution in [3.8, 4) is 0 Å². The summed E-state index contributed by atoms with van der Waals surface area (Å²) < 4.78 is 32.9. The molecule has 1 saturated carbocycles. The highest BCUT2D eigenvalue weighted by Crippen LogP contribution is 2.40. The first-order valence-corrected chi connectivity index (χ1v) is 5.79. The Morgan fingerprint density at radius 3 is 2.53 bits per heavy atom. The van der Waals surface area contributed by atoms with Gasteiger partial charge in [-0.1, -0.05) is 6.07 Å². The molecule has 1 fully saturated rings. The summed E-state index contributed by atoms with van der Waals surface area (Å²) in [5.41, 5.74) is 6.31. The molecule has 0 aromatic heterocycles. The normalized spacial score (nSPS) is 19.1. The maximum atomic E-state index is 13.9. The van der Waals surface area contributed by atoms with Gasteiger partial charge in [0.25, 0.3) is 0 Å². The van der Waals surface area contributed by atoms with Crippen molar-refractivity contribution in [3.63, 3.8) is 0 Å². The lowest BCUT2D eigenvalue weighted by atomic mass is 9.96. The lowest BCUT2D eigenvalue weighted by Gasteiger charge is -2.24. The van der Waals surface area contributed by atoms with Gasteiger partial charge in [0.2, 0.25) is 0 Å². The summed E-state index contributed by atoms with van der Waals surface area (Å²) in [7, 11) is 1.54. The van der Waals surface area contributed by atoms with Gasteiger partial charge in [0.15, 0.2) is 0 Å². The van der Waals surface area contributed by atoms with E-state index in [1.54, 1.807) is 6.92 Å². The van der Waals surface area contributed by atoms with E-state index < -0.39 is 17.7 Å². The third-order valence-corrected chi connectivity index (χ3v) is 3.37. The fourth-order valence-electron chi connectivity index (χ4n) is 2.21. The first kappa shape index (κ1) is 12.5. The number of aryl methyl sites for hydroxylation is 1. The summed E-state index contributed by atoms with van der Waals surface area (Å²) >= 11 is 0. The molecule has 2 atom stereocenters. The van der Waals surface area contributed by atoms with Crippen molar-refractivity contribution in [1.82, 2.24) is 0 Å². The maximum Gasteiger partial charge on any atom is 0.133 e. The van der Waals surface area contributed by atoms with Gasteiger partial charge in [-0.3, -0.25) is 0 Å². The Hall–Kier alpha value is -1.00. The van der Waals surface area contributed by atoms with Gasteiger partial charge < -0.3 is 10.5 Å². The molecular weight excluding hydrogens is 224 g/mol. The first-order chi connectivity index (χ1) is 8.06. The van der Waals surface area contributed by atoms with E-state index in [2.05, 4.69) is 0 Å². The Balaban J connectivity index is 2.34. The van der Waals surface area contributed by atoms with Crippen molar-refractivity contribution in [1.29, 1.82) is 0 Å². The molecule has 94 valence electrons. The third-order valence-electron chi connectivity index (χ3n) is 3.37. The fraction of sp³-hybridized carbons (Fsp3) is 0.538. The molecule has 17 heavy (non-hydrogen) atoms. The molecule has 4 heteroatoms. The summed E-state index contributed by atoms with van der Waals surface area (Å²) in [4.78, 5) is 0. The second-order valence-corrected chi connectivity index (χ2v) is 4.66. The molecule has 2 unspecified atom stereocenters. The number of nitrogens with two attached hydrogens (primary N) is 1. The molecule has 0 aliphatic heterocycles. The van der Waals surface area contributed by atoms with Crippen LogP contribution in [0.3, 0.4) is 0 Å². The summed E-state index contributed by atoms with van der Waals surface area (Å²) in [6.07, 6.45) is 1.73. The Bertz CT molecular complexity index is 418. The molecule has 1 aromatic rings. The van der Waals surface area contributed by atoms with Gasteiger partial charge in [-0.25, -0.2) is 8.78 Å². The maximum absolute atomic E-state index is 13.9. The van der Waals surface area contributed by atoms with Crippen molar-refractivity contribution in [3.05, 3.63) is 34.9 Å². The predicted octanol–water partition coefficient (Wildman–Crippen LogP) is 2.70. The van der Waals surface area contributed by atoms with Crippen LogP contribution in [-0.4, -0.2) is 13.2 Å². The van der Waals surface area contributed by atoms with Crippen LogP contribution in [0.4, 0.5) is 8.78 Å². The molecule has 0 radical (unpaired) electrons. The van der Waals surface area contributed by atoms with E-state index in [4.69, 9.17) is 10.5 Å². The number of hydrogen-bond donors (Lipinski definition) is 1. The number of rotatable bonds is 4. The van der Waals surface area contributed by atoms with E-state index >= 15 is 0 Å². The van der Waals surface area contributed by atoms with E-state index in [1.165, 1.54) is 19.2 Å². The minimum Gasteiger partial charge on any atom is -0.379 e. The van der Waals surface area contributed by atoms with Crippen molar-refractivity contribution in [2.75, 3.05) is 7.11 Å². The second kappa shape index (κ2) is 4.70. The predicted molar refractivity (Wildman–Crippen MR) is 61.5 cm³/mol. The standard InChI is InChI=1S/C13H17F2NO/c1-7-3-6-9(14)10(11(7)15)12(16)13(17-2)8-4-5-8/h3,6,8,12-13H,4-5,16H2,1-2H3. The highest BCUT2D eigenvalue weighted by atomic mass is 19.1. The Labute approximate surface area is 99.8 Å². The zero-order valence-corrected chi connectivity index (χ0v) is 10.0. The zero-order valence-electron chi connectivity index (χ0n) is 10.0. The number of hydrogen-bond acceptors (Lipinski definition) is 2. The zero-order chi connectivity index (χ0) is 12.6. The van der Waals surface area contributed by atoms with Crippen LogP contribution in [0.2, 0.25) is 0 Å². The summed E-state index contributed by atoms with van der Waals surface area (Å²) in [5.74, 6) is -0.821. The van der Waals surface area contributed by atoms with Crippen LogP contribution in [-0.2, 0) is 4.74 Å². The summed E-state index contributed by atoms with van der Waals surface area (Å²) in [6.45, 7) is 1.60. The highest BCUT2D eigenvalue weighted by Gasteiger charge is 2.38. The topological polar surface area (TPSA) is 35.2 Å². The van der Waals surface area contributed by atoms with Gasteiger partial charge in [0, 0.05) is 12.7 Å². The molecule has 2 N–H and O–H groups in total. The van der Waals surface area contributed by atoms with Crippen LogP contribution in [0.15, 0.2) is 12.1 Å². The van der Waals surface area contributed by atoms with Crippen LogP contribution in [0.5, 0.6) is 0 Å². The van der Waals surface area contributed by atoms with Crippen molar-refractivity contribution in [2.24, 2.45) is 11.7 Å². The first-order valence-electron chi connectivity index (χ1n) is 5.79. The van der Waals surface area contributed by atoms with Gasteiger partial charge in [-0.05, 0) is 37.3 Å². The number of halogens is 2. The van der Waals surface area contributed by atoms with Gasteiger partial charge in [0.1, 0.15) is 11.6 Å². The average molecular weight is 241 g/mol. The van der Waals surface area contributed by atoms with Crippen LogP contribution >= 0.6 is 0 Å². The summed E-state index contributed by atoms with van der Waals surface area (Å²) in [6, 6.07) is 1.93. The second-order valence-electron chi connectivity index (χ2n) is 4.66. The fourth-order valence-corrected chi connectivity index (χ4v) is 2.21. The molecule has 0 spiro atoms. The van der Waals surface area contributed by atoms with Crippen LogP contribution in [0.25, 0.3) is 0 Å². The largest absolute Gasteiger partial charge is 0.379 e. The highest BCUT2D eigenvalue weighted by molar-refractivity contribution is 5.30. The van der Waals surface area contributed by atoms with Gasteiger partial charge >= 0.3 is 0 Å². The number of benzene rings is 1. The Morgan fingerprint density at radius 2 is 2.00 bits per heavy atom. The molecule has 1 aromatic carbocycles. The number of methoxy groups -OCH3 is 1. The van der Waals surface area contributed by atoms with E-state index in [9.17, 15) is 8.78 Å². The van der Waals surface area contributed by atoms with Gasteiger partial charge in [0.05, 0.1) is 12.1 Å².